The second-order valence-electron chi connectivity index (χ2n) is 4.72. The molecule has 0 aromatic heterocycles. The Hall–Kier alpha value is -0.160. The van der Waals surface area contributed by atoms with E-state index >= 15 is 0 Å². The fourth-order valence-electron chi connectivity index (χ4n) is 0.250. The Morgan fingerprint density at radius 1 is 0.571 bits per heavy atom. The summed E-state index contributed by atoms with van der Waals surface area (Å²) in [6, 6.07) is 0. The van der Waals surface area contributed by atoms with Gasteiger partial charge in [-0.25, -0.2) is 19.6 Å². The molecular weight excluding hydrogens is 184 g/mol. The maximum absolute atomic E-state index is 5.09. The molecule has 0 radical (unpaired) electrons. The van der Waals surface area contributed by atoms with Crippen molar-refractivity contribution in [3.8, 4) is 0 Å². The van der Waals surface area contributed by atoms with Crippen molar-refractivity contribution in [1.29, 1.82) is 0 Å². The summed E-state index contributed by atoms with van der Waals surface area (Å²) in [6.45, 7) is 11.7. The van der Waals surface area contributed by atoms with Gasteiger partial charge < -0.3 is 0 Å². The lowest BCUT2D eigenvalue weighted by Gasteiger charge is -2.24. The highest BCUT2D eigenvalue weighted by Gasteiger charge is 2.18. The van der Waals surface area contributed by atoms with Gasteiger partial charge in [0.15, 0.2) is 0 Å². The van der Waals surface area contributed by atoms with Crippen LogP contribution >= 0.6 is 0 Å². The van der Waals surface area contributed by atoms with E-state index in [1.54, 1.807) is 0 Å². The summed E-state index contributed by atoms with van der Waals surface area (Å²) in [6.07, 6.45) is 0. The van der Waals surface area contributed by atoms with Crippen LogP contribution in [0.15, 0.2) is 0 Å². The monoisotopic (exact) mass is 208 g/mol. The van der Waals surface area contributed by atoms with Gasteiger partial charge in [0.2, 0.25) is 0 Å². The van der Waals surface area contributed by atoms with E-state index in [9.17, 15) is 0 Å². The Morgan fingerprint density at radius 2 is 0.786 bits per heavy atom. The van der Waals surface area contributed by atoms with Crippen LogP contribution in [0.4, 0.5) is 0 Å². The molecule has 0 aliphatic carbocycles. The predicted octanol–water partition coefficient (Wildman–Crippen LogP) is 2.73. The van der Waals surface area contributed by atoms with Gasteiger partial charge in [0, 0.05) is 0 Å². The molecule has 0 unspecified atom stereocenters. The quantitative estimate of drug-likeness (QED) is 0.516. The topological polar surface area (TPSA) is 36.9 Å². The van der Waals surface area contributed by atoms with Crippen LogP contribution in [0.25, 0.3) is 0 Å². The lowest BCUT2D eigenvalue weighted by molar-refractivity contribution is -0.393. The van der Waals surface area contributed by atoms with E-state index in [0.29, 0.717) is 0 Å². The standard InChI is InChI=1S/C8H18O2.C2H6O2/c1-7(2,3)9-10-8(4,5)6;1-3-4-2/h1-6H3;1-2H3. The molecule has 0 spiro atoms. The molecule has 0 fully saturated rings. The minimum atomic E-state index is -0.215. The van der Waals surface area contributed by atoms with Crippen LogP contribution in [0, 0.1) is 0 Å². The Balaban J connectivity index is 0. The summed E-state index contributed by atoms with van der Waals surface area (Å²) in [5, 5.41) is 0. The van der Waals surface area contributed by atoms with E-state index in [4.69, 9.17) is 9.78 Å². The summed E-state index contributed by atoms with van der Waals surface area (Å²) in [7, 11) is 2.92. The Kier molecular flexibility index (Phi) is 8.34. The Labute approximate surface area is 87.3 Å². The molecule has 4 nitrogen and oxygen atoms in total. The van der Waals surface area contributed by atoms with E-state index in [2.05, 4.69) is 9.78 Å². The SMILES string of the molecule is CC(C)(C)OOC(C)(C)C.COOC. The Bertz CT molecular complexity index is 105. The zero-order valence-electron chi connectivity index (χ0n) is 10.6. The van der Waals surface area contributed by atoms with Crippen LogP contribution in [0.1, 0.15) is 41.5 Å². The third-order valence-electron chi connectivity index (χ3n) is 0.708. The van der Waals surface area contributed by atoms with Crippen LogP contribution in [-0.2, 0) is 19.6 Å². The van der Waals surface area contributed by atoms with Gasteiger partial charge in [-0.05, 0) is 41.5 Å². The normalized spacial score (nSPS) is 12.0. The zero-order valence-corrected chi connectivity index (χ0v) is 10.6. The third-order valence-corrected chi connectivity index (χ3v) is 0.708. The van der Waals surface area contributed by atoms with E-state index in [1.165, 1.54) is 14.2 Å². The first-order valence-corrected chi connectivity index (χ1v) is 4.56. The van der Waals surface area contributed by atoms with Gasteiger partial charge in [-0.2, -0.15) is 0 Å². The molecule has 0 saturated heterocycles. The van der Waals surface area contributed by atoms with Crippen molar-refractivity contribution in [2.45, 2.75) is 52.7 Å². The lowest BCUT2D eigenvalue weighted by atomic mass is 10.2. The number of hydrogen-bond donors (Lipinski definition) is 0. The Morgan fingerprint density at radius 3 is 0.857 bits per heavy atom. The highest BCUT2D eigenvalue weighted by molar-refractivity contribution is 4.58. The zero-order chi connectivity index (χ0) is 11.8. The molecule has 0 N–H and O–H groups in total. The molecule has 0 aromatic rings. The van der Waals surface area contributed by atoms with Crippen LogP contribution in [0.3, 0.4) is 0 Å². The molecule has 88 valence electrons. The molecule has 0 atom stereocenters. The summed E-state index contributed by atoms with van der Waals surface area (Å²) < 4.78 is 0. The molecule has 0 saturated carbocycles. The smallest absolute Gasteiger partial charge is 0.0952 e. The van der Waals surface area contributed by atoms with E-state index in [1.807, 2.05) is 41.5 Å². The van der Waals surface area contributed by atoms with Crippen molar-refractivity contribution >= 4 is 0 Å². The molecule has 0 bridgehead atoms. The van der Waals surface area contributed by atoms with Gasteiger partial charge in [-0.3, -0.25) is 0 Å². The highest BCUT2D eigenvalue weighted by Crippen LogP contribution is 2.14. The van der Waals surface area contributed by atoms with Gasteiger partial charge in [0.1, 0.15) is 0 Å². The summed E-state index contributed by atoms with van der Waals surface area (Å²) in [4.78, 5) is 18.3. The maximum Gasteiger partial charge on any atom is 0.0952 e. The molecule has 4 heteroatoms. The van der Waals surface area contributed by atoms with Gasteiger partial charge in [-0.15, -0.1) is 0 Å². The first kappa shape index (κ1) is 16.3. The molecule has 0 amide bonds. The highest BCUT2D eigenvalue weighted by atomic mass is 17.2. The van der Waals surface area contributed by atoms with Crippen LogP contribution in [-0.4, -0.2) is 25.4 Å². The third kappa shape index (κ3) is 22.6. The van der Waals surface area contributed by atoms with Gasteiger partial charge in [0.05, 0.1) is 25.4 Å². The van der Waals surface area contributed by atoms with E-state index in [0.717, 1.165) is 0 Å². The van der Waals surface area contributed by atoms with Crippen LogP contribution in [0.5, 0.6) is 0 Å². The van der Waals surface area contributed by atoms with Crippen molar-refractivity contribution in [2.75, 3.05) is 14.2 Å². The van der Waals surface area contributed by atoms with E-state index < -0.39 is 0 Å². The minimum Gasteiger partial charge on any atom is -0.240 e. The maximum atomic E-state index is 5.09. The lowest BCUT2D eigenvalue weighted by Crippen LogP contribution is -2.27. The second-order valence-corrected chi connectivity index (χ2v) is 4.72. The first-order chi connectivity index (χ1) is 6.12. The predicted molar refractivity (Wildman–Crippen MR) is 55.7 cm³/mol. The van der Waals surface area contributed by atoms with Gasteiger partial charge in [-0.1, -0.05) is 0 Å². The van der Waals surface area contributed by atoms with Crippen molar-refractivity contribution in [3.05, 3.63) is 0 Å². The number of hydrogen-bond acceptors (Lipinski definition) is 4. The van der Waals surface area contributed by atoms with Crippen LogP contribution < -0.4 is 0 Å². The molecule has 0 heterocycles. The van der Waals surface area contributed by atoms with E-state index in [-0.39, 0.29) is 11.2 Å². The molecule has 14 heavy (non-hydrogen) atoms. The average molecular weight is 208 g/mol. The fourth-order valence-corrected chi connectivity index (χ4v) is 0.250. The van der Waals surface area contributed by atoms with Crippen LogP contribution in [0.2, 0.25) is 0 Å². The van der Waals surface area contributed by atoms with Gasteiger partial charge in [0.25, 0.3) is 0 Å². The van der Waals surface area contributed by atoms with Crippen molar-refractivity contribution in [2.24, 2.45) is 0 Å². The average Bonchev–Trinajstić information content (AvgIpc) is 1.99. The minimum absolute atomic E-state index is 0.215. The molecule has 0 aliphatic heterocycles. The number of rotatable bonds is 2. The molecular formula is C10H24O4. The molecule has 0 rings (SSSR count). The largest absolute Gasteiger partial charge is 0.240 e. The van der Waals surface area contributed by atoms with Crippen molar-refractivity contribution in [1.82, 2.24) is 0 Å². The summed E-state index contributed by atoms with van der Waals surface area (Å²) in [5.41, 5.74) is -0.430. The van der Waals surface area contributed by atoms with Gasteiger partial charge >= 0.3 is 0 Å². The van der Waals surface area contributed by atoms with Crippen molar-refractivity contribution < 1.29 is 19.6 Å². The second kappa shape index (κ2) is 7.17. The van der Waals surface area contributed by atoms with Crippen molar-refractivity contribution in [3.63, 3.8) is 0 Å². The summed E-state index contributed by atoms with van der Waals surface area (Å²) >= 11 is 0. The molecule has 0 aliphatic rings. The first-order valence-electron chi connectivity index (χ1n) is 4.56. The summed E-state index contributed by atoms with van der Waals surface area (Å²) in [5.74, 6) is 0. The fraction of sp³-hybridized carbons (Fsp3) is 1.00. The molecule has 0 aromatic carbocycles.